The van der Waals surface area contributed by atoms with E-state index in [4.69, 9.17) is 9.47 Å². The standard InChI is InChI=1S/C19H22N2O4/c1-21(13-14-7-5-4-6-8-14)19(23)18(22)20-12-15-9-10-16(24-2)17(11-15)25-3/h4-11H,12-13H2,1-3H3,(H,20,22). The third kappa shape index (κ3) is 4.97. The maximum atomic E-state index is 12.2. The topological polar surface area (TPSA) is 67.9 Å². The minimum Gasteiger partial charge on any atom is -0.493 e. The zero-order valence-electron chi connectivity index (χ0n) is 14.6. The van der Waals surface area contributed by atoms with Crippen LogP contribution in [0.5, 0.6) is 11.5 Å². The zero-order valence-corrected chi connectivity index (χ0v) is 14.6. The van der Waals surface area contributed by atoms with Gasteiger partial charge in [-0.3, -0.25) is 9.59 Å². The van der Waals surface area contributed by atoms with Crippen molar-refractivity contribution in [2.75, 3.05) is 21.3 Å². The molecule has 0 aliphatic carbocycles. The third-order valence-corrected chi connectivity index (χ3v) is 3.70. The van der Waals surface area contributed by atoms with Crippen molar-refractivity contribution in [1.29, 1.82) is 0 Å². The highest BCUT2D eigenvalue weighted by molar-refractivity contribution is 6.34. The van der Waals surface area contributed by atoms with E-state index in [0.717, 1.165) is 11.1 Å². The summed E-state index contributed by atoms with van der Waals surface area (Å²) in [6.07, 6.45) is 0. The van der Waals surface area contributed by atoms with E-state index in [-0.39, 0.29) is 6.54 Å². The molecule has 0 bridgehead atoms. The van der Waals surface area contributed by atoms with Gasteiger partial charge in [-0.1, -0.05) is 36.4 Å². The second kappa shape index (κ2) is 8.73. The van der Waals surface area contributed by atoms with Gasteiger partial charge < -0.3 is 19.7 Å². The number of ether oxygens (including phenoxy) is 2. The smallest absolute Gasteiger partial charge is 0.311 e. The van der Waals surface area contributed by atoms with Crippen molar-refractivity contribution in [3.63, 3.8) is 0 Å². The van der Waals surface area contributed by atoms with Gasteiger partial charge in [-0.05, 0) is 23.3 Å². The molecule has 132 valence electrons. The van der Waals surface area contributed by atoms with E-state index in [1.165, 1.54) is 4.90 Å². The Bertz CT molecular complexity index is 731. The number of nitrogens with zero attached hydrogens (tertiary/aromatic N) is 1. The normalized spacial score (nSPS) is 10.0. The summed E-state index contributed by atoms with van der Waals surface area (Å²) >= 11 is 0. The van der Waals surface area contributed by atoms with Gasteiger partial charge in [-0.2, -0.15) is 0 Å². The molecule has 0 aliphatic heterocycles. The van der Waals surface area contributed by atoms with Crippen LogP contribution in [0.15, 0.2) is 48.5 Å². The first-order valence-electron chi connectivity index (χ1n) is 7.83. The summed E-state index contributed by atoms with van der Waals surface area (Å²) in [6.45, 7) is 0.605. The third-order valence-electron chi connectivity index (χ3n) is 3.70. The van der Waals surface area contributed by atoms with Crippen molar-refractivity contribution in [1.82, 2.24) is 10.2 Å². The van der Waals surface area contributed by atoms with E-state index in [1.807, 2.05) is 30.3 Å². The van der Waals surface area contributed by atoms with Gasteiger partial charge in [0.15, 0.2) is 11.5 Å². The van der Waals surface area contributed by atoms with Gasteiger partial charge in [-0.15, -0.1) is 0 Å². The van der Waals surface area contributed by atoms with Crippen LogP contribution in [0.2, 0.25) is 0 Å². The van der Waals surface area contributed by atoms with Crippen LogP contribution in [-0.2, 0) is 22.7 Å². The number of likely N-dealkylation sites (N-methyl/N-ethyl adjacent to an activating group) is 1. The van der Waals surface area contributed by atoms with Crippen LogP contribution >= 0.6 is 0 Å². The molecule has 6 heteroatoms. The summed E-state index contributed by atoms with van der Waals surface area (Å²) in [6, 6.07) is 14.8. The van der Waals surface area contributed by atoms with Crippen LogP contribution in [0.3, 0.4) is 0 Å². The molecule has 2 aromatic carbocycles. The Labute approximate surface area is 147 Å². The van der Waals surface area contributed by atoms with Crippen molar-refractivity contribution in [2.24, 2.45) is 0 Å². The molecule has 2 amide bonds. The summed E-state index contributed by atoms with van der Waals surface area (Å²) in [5.41, 5.74) is 1.77. The van der Waals surface area contributed by atoms with E-state index in [9.17, 15) is 9.59 Å². The average molecular weight is 342 g/mol. The predicted molar refractivity (Wildman–Crippen MR) is 94.3 cm³/mol. The molecule has 0 spiro atoms. The van der Waals surface area contributed by atoms with E-state index < -0.39 is 11.8 Å². The minimum absolute atomic E-state index is 0.226. The molecule has 0 radical (unpaired) electrons. The van der Waals surface area contributed by atoms with Gasteiger partial charge in [0.1, 0.15) is 0 Å². The summed E-state index contributed by atoms with van der Waals surface area (Å²) in [7, 11) is 4.70. The van der Waals surface area contributed by atoms with Crippen molar-refractivity contribution in [3.05, 3.63) is 59.7 Å². The molecule has 0 saturated heterocycles. The fourth-order valence-electron chi connectivity index (χ4n) is 2.35. The SMILES string of the molecule is COc1ccc(CNC(=O)C(=O)N(C)Cc2ccccc2)cc1OC. The molecule has 0 aliphatic rings. The molecule has 2 rings (SSSR count). The van der Waals surface area contributed by atoms with Crippen molar-refractivity contribution < 1.29 is 19.1 Å². The Balaban J connectivity index is 1.92. The largest absolute Gasteiger partial charge is 0.493 e. The van der Waals surface area contributed by atoms with Crippen molar-refractivity contribution in [2.45, 2.75) is 13.1 Å². The minimum atomic E-state index is -0.645. The molecular weight excluding hydrogens is 320 g/mol. The molecule has 1 N–H and O–H groups in total. The predicted octanol–water partition coefficient (Wildman–Crippen LogP) is 1.98. The Hall–Kier alpha value is -3.02. The van der Waals surface area contributed by atoms with Crippen LogP contribution in [0.1, 0.15) is 11.1 Å². The van der Waals surface area contributed by atoms with Gasteiger partial charge in [-0.25, -0.2) is 0 Å². The number of nitrogens with one attached hydrogen (secondary N) is 1. The van der Waals surface area contributed by atoms with E-state index >= 15 is 0 Å². The summed E-state index contributed by atoms with van der Waals surface area (Å²) in [5.74, 6) is -0.0458. The molecule has 0 aromatic heterocycles. The molecular formula is C19H22N2O4. The number of hydrogen-bond donors (Lipinski definition) is 1. The second-order valence-corrected chi connectivity index (χ2v) is 5.52. The first-order chi connectivity index (χ1) is 12.0. The Morgan fingerprint density at radius 2 is 1.64 bits per heavy atom. The number of hydrogen-bond acceptors (Lipinski definition) is 4. The highest BCUT2D eigenvalue weighted by atomic mass is 16.5. The number of rotatable bonds is 6. The molecule has 6 nitrogen and oxygen atoms in total. The molecule has 0 unspecified atom stereocenters. The molecule has 0 saturated carbocycles. The quantitative estimate of drug-likeness (QED) is 0.815. The number of carbonyl (C=O) groups excluding carboxylic acids is 2. The number of benzene rings is 2. The van der Waals surface area contributed by atoms with E-state index in [2.05, 4.69) is 5.32 Å². The fraction of sp³-hybridized carbons (Fsp3) is 0.263. The lowest BCUT2D eigenvalue weighted by Gasteiger charge is -2.17. The maximum absolute atomic E-state index is 12.2. The monoisotopic (exact) mass is 342 g/mol. The lowest BCUT2D eigenvalue weighted by molar-refractivity contribution is -0.145. The van der Waals surface area contributed by atoms with Gasteiger partial charge in [0.05, 0.1) is 14.2 Å². The van der Waals surface area contributed by atoms with Crippen molar-refractivity contribution in [3.8, 4) is 11.5 Å². The maximum Gasteiger partial charge on any atom is 0.311 e. The number of carbonyl (C=O) groups is 2. The highest BCUT2D eigenvalue weighted by Crippen LogP contribution is 2.27. The summed E-state index contributed by atoms with van der Waals surface area (Å²) < 4.78 is 10.4. The van der Waals surface area contributed by atoms with Gasteiger partial charge in [0.2, 0.25) is 0 Å². The molecule has 25 heavy (non-hydrogen) atoms. The van der Waals surface area contributed by atoms with Crippen LogP contribution < -0.4 is 14.8 Å². The second-order valence-electron chi connectivity index (χ2n) is 5.52. The Kier molecular flexibility index (Phi) is 6.39. The first kappa shape index (κ1) is 18.3. The van der Waals surface area contributed by atoms with Gasteiger partial charge in [0, 0.05) is 20.1 Å². The van der Waals surface area contributed by atoms with Gasteiger partial charge in [0.25, 0.3) is 0 Å². The van der Waals surface area contributed by atoms with Crippen LogP contribution in [0.4, 0.5) is 0 Å². The average Bonchev–Trinajstić information content (AvgIpc) is 2.65. The number of amides is 2. The zero-order chi connectivity index (χ0) is 18.2. The highest BCUT2D eigenvalue weighted by Gasteiger charge is 2.18. The first-order valence-corrected chi connectivity index (χ1v) is 7.83. The molecule has 0 fully saturated rings. The Morgan fingerprint density at radius 3 is 2.28 bits per heavy atom. The molecule has 2 aromatic rings. The fourth-order valence-corrected chi connectivity index (χ4v) is 2.35. The lowest BCUT2D eigenvalue weighted by atomic mass is 10.2. The molecule has 0 heterocycles. The summed E-state index contributed by atoms with van der Waals surface area (Å²) in [4.78, 5) is 25.6. The van der Waals surface area contributed by atoms with Crippen LogP contribution in [-0.4, -0.2) is 38.0 Å². The summed E-state index contributed by atoms with van der Waals surface area (Å²) in [5, 5.41) is 2.63. The van der Waals surface area contributed by atoms with Gasteiger partial charge >= 0.3 is 11.8 Å². The van der Waals surface area contributed by atoms with E-state index in [1.54, 1.807) is 39.5 Å². The molecule has 0 atom stereocenters. The lowest BCUT2D eigenvalue weighted by Crippen LogP contribution is -2.40. The Morgan fingerprint density at radius 1 is 0.960 bits per heavy atom. The van der Waals surface area contributed by atoms with Crippen LogP contribution in [0.25, 0.3) is 0 Å². The van der Waals surface area contributed by atoms with Crippen molar-refractivity contribution >= 4 is 11.8 Å². The number of methoxy groups -OCH3 is 2. The van der Waals surface area contributed by atoms with Crippen LogP contribution in [0, 0.1) is 0 Å². The van der Waals surface area contributed by atoms with E-state index in [0.29, 0.717) is 18.0 Å².